The van der Waals surface area contributed by atoms with E-state index in [1.807, 2.05) is 4.90 Å². The van der Waals surface area contributed by atoms with Crippen molar-refractivity contribution in [2.45, 2.75) is 43.7 Å². The molecule has 7 heteroatoms. The van der Waals surface area contributed by atoms with Gasteiger partial charge in [-0.25, -0.2) is 17.9 Å². The van der Waals surface area contributed by atoms with Crippen LogP contribution in [0.5, 0.6) is 0 Å². The van der Waals surface area contributed by atoms with Crippen LogP contribution in [0.4, 0.5) is 10.1 Å². The summed E-state index contributed by atoms with van der Waals surface area (Å²) < 4.78 is 36.9. The Bertz CT molecular complexity index is 606. The van der Waals surface area contributed by atoms with Crippen molar-refractivity contribution in [2.75, 3.05) is 18.0 Å². The smallest absolute Gasteiger partial charge is 0.238 e. The number of halogens is 1. The number of hydrogen-bond donors (Lipinski definition) is 2. The van der Waals surface area contributed by atoms with E-state index in [0.717, 1.165) is 25.5 Å². The van der Waals surface area contributed by atoms with E-state index in [1.54, 1.807) is 0 Å². The molecule has 2 rings (SSSR count). The minimum Gasteiger partial charge on any atom is -0.363 e. The second kappa shape index (κ2) is 6.29. The lowest BCUT2D eigenvalue weighted by Gasteiger charge is -2.41. The van der Waals surface area contributed by atoms with Crippen LogP contribution in [0.25, 0.3) is 0 Å². The largest absolute Gasteiger partial charge is 0.363 e. The van der Waals surface area contributed by atoms with Crippen molar-refractivity contribution >= 4 is 15.7 Å². The second-order valence-corrected chi connectivity index (χ2v) is 6.95. The van der Waals surface area contributed by atoms with Crippen LogP contribution in [0.15, 0.2) is 23.1 Å². The molecule has 1 fully saturated rings. The van der Waals surface area contributed by atoms with Crippen LogP contribution < -0.4 is 15.4 Å². The van der Waals surface area contributed by atoms with Gasteiger partial charge < -0.3 is 10.2 Å². The fourth-order valence-electron chi connectivity index (χ4n) is 2.69. The van der Waals surface area contributed by atoms with Crippen LogP contribution in [0.2, 0.25) is 0 Å². The highest BCUT2D eigenvalue weighted by atomic mass is 32.2. The number of benzene rings is 1. The Morgan fingerprint density at radius 3 is 2.62 bits per heavy atom. The van der Waals surface area contributed by atoms with E-state index in [0.29, 0.717) is 18.3 Å². The Kier molecular flexibility index (Phi) is 4.85. The van der Waals surface area contributed by atoms with Gasteiger partial charge in [0.2, 0.25) is 10.0 Å². The summed E-state index contributed by atoms with van der Waals surface area (Å²) in [5.41, 5.74) is 0.439. The van der Waals surface area contributed by atoms with Crippen molar-refractivity contribution in [1.29, 1.82) is 0 Å². The molecule has 1 saturated heterocycles. The zero-order chi connectivity index (χ0) is 15.6. The molecule has 0 aliphatic carbocycles. The van der Waals surface area contributed by atoms with E-state index < -0.39 is 15.8 Å². The predicted octanol–water partition coefficient (Wildman–Crippen LogP) is 1.44. The minimum atomic E-state index is -3.88. The Labute approximate surface area is 125 Å². The molecule has 118 valence electrons. The molecule has 1 aliphatic rings. The molecular formula is C14H22FN3O2S. The third-order valence-electron chi connectivity index (χ3n) is 4.02. The number of hydrogen-bond acceptors (Lipinski definition) is 4. The molecule has 0 aromatic heterocycles. The number of primary sulfonamides is 1. The van der Waals surface area contributed by atoms with Crippen LogP contribution in [0.3, 0.4) is 0 Å². The molecule has 1 aromatic rings. The summed E-state index contributed by atoms with van der Waals surface area (Å²) in [5.74, 6) is -0.545. The summed E-state index contributed by atoms with van der Waals surface area (Å²) in [4.78, 5) is 1.83. The molecule has 1 aliphatic heterocycles. The molecule has 2 unspecified atom stereocenters. The van der Waals surface area contributed by atoms with E-state index in [2.05, 4.69) is 19.2 Å². The minimum absolute atomic E-state index is 0.195. The standard InChI is InChI=1S/C14H22FN3O2S/c1-3-10-9-18(11(4-2)8-17-10)14-6-5-12(7-13(14)15)21(16,19)20/h5-7,10-11,17H,3-4,8-9H2,1-2H3,(H2,16,19,20). The van der Waals surface area contributed by atoms with Crippen LogP contribution in [-0.2, 0) is 10.0 Å². The third kappa shape index (κ3) is 3.53. The first-order chi connectivity index (χ1) is 9.86. The van der Waals surface area contributed by atoms with Gasteiger partial charge in [-0.3, -0.25) is 0 Å². The van der Waals surface area contributed by atoms with Gasteiger partial charge in [0.05, 0.1) is 10.6 Å². The lowest BCUT2D eigenvalue weighted by molar-refractivity contribution is 0.375. The number of nitrogens with two attached hydrogens (primary N) is 1. The highest BCUT2D eigenvalue weighted by molar-refractivity contribution is 7.89. The van der Waals surface area contributed by atoms with Gasteiger partial charge in [0, 0.05) is 25.2 Å². The molecule has 0 amide bonds. The monoisotopic (exact) mass is 315 g/mol. The molecule has 1 aromatic carbocycles. The zero-order valence-electron chi connectivity index (χ0n) is 12.3. The first-order valence-corrected chi connectivity index (χ1v) is 8.73. The molecule has 2 atom stereocenters. The summed E-state index contributed by atoms with van der Waals surface area (Å²) in [6.07, 6.45) is 1.85. The van der Waals surface area contributed by atoms with Gasteiger partial charge in [-0.15, -0.1) is 0 Å². The Morgan fingerprint density at radius 1 is 1.38 bits per heavy atom. The number of nitrogens with zero attached hydrogens (tertiary/aromatic N) is 1. The third-order valence-corrected chi connectivity index (χ3v) is 4.93. The van der Waals surface area contributed by atoms with E-state index >= 15 is 0 Å². The van der Waals surface area contributed by atoms with Gasteiger partial charge >= 0.3 is 0 Å². The second-order valence-electron chi connectivity index (χ2n) is 5.39. The number of nitrogens with one attached hydrogen (secondary N) is 1. The van der Waals surface area contributed by atoms with E-state index in [9.17, 15) is 12.8 Å². The van der Waals surface area contributed by atoms with E-state index in [1.165, 1.54) is 12.1 Å². The molecule has 1 heterocycles. The first-order valence-electron chi connectivity index (χ1n) is 7.19. The number of sulfonamides is 1. The van der Waals surface area contributed by atoms with Crippen LogP contribution >= 0.6 is 0 Å². The summed E-state index contributed by atoms with van der Waals surface area (Å²) in [7, 11) is -3.88. The molecule has 0 spiro atoms. The van der Waals surface area contributed by atoms with Crippen molar-refractivity contribution in [2.24, 2.45) is 5.14 Å². The molecule has 21 heavy (non-hydrogen) atoms. The highest BCUT2D eigenvalue weighted by Crippen LogP contribution is 2.27. The predicted molar refractivity (Wildman–Crippen MR) is 81.3 cm³/mol. The maximum atomic E-state index is 14.3. The van der Waals surface area contributed by atoms with Crippen molar-refractivity contribution in [3.05, 3.63) is 24.0 Å². The maximum Gasteiger partial charge on any atom is 0.238 e. The SMILES string of the molecule is CCC1CN(c2ccc(S(N)(=O)=O)cc2F)C(CC)CN1. The van der Waals surface area contributed by atoms with Crippen LogP contribution in [0, 0.1) is 5.82 Å². The average Bonchev–Trinajstić information content (AvgIpc) is 2.45. The number of rotatable bonds is 4. The Hall–Kier alpha value is -1.18. The van der Waals surface area contributed by atoms with Crippen molar-refractivity contribution in [1.82, 2.24) is 5.32 Å². The van der Waals surface area contributed by atoms with Gasteiger partial charge in [-0.2, -0.15) is 0 Å². The summed E-state index contributed by atoms with van der Waals surface area (Å²) >= 11 is 0. The fraction of sp³-hybridized carbons (Fsp3) is 0.571. The maximum absolute atomic E-state index is 14.3. The van der Waals surface area contributed by atoms with Crippen LogP contribution in [-0.4, -0.2) is 33.6 Å². The quantitative estimate of drug-likeness (QED) is 0.881. The summed E-state index contributed by atoms with van der Waals surface area (Å²) in [6, 6.07) is 4.38. The van der Waals surface area contributed by atoms with E-state index in [4.69, 9.17) is 5.14 Å². The molecule has 5 nitrogen and oxygen atoms in total. The fourth-order valence-corrected chi connectivity index (χ4v) is 3.22. The number of piperazine rings is 1. The lowest BCUT2D eigenvalue weighted by atomic mass is 10.0. The van der Waals surface area contributed by atoms with Gasteiger partial charge in [-0.1, -0.05) is 13.8 Å². The van der Waals surface area contributed by atoms with Gasteiger partial charge in [0.1, 0.15) is 5.82 Å². The summed E-state index contributed by atoms with van der Waals surface area (Å²) in [6.45, 7) is 5.65. The lowest BCUT2D eigenvalue weighted by Crippen LogP contribution is -2.56. The Morgan fingerprint density at radius 2 is 2.10 bits per heavy atom. The van der Waals surface area contributed by atoms with Gasteiger partial charge in [0.25, 0.3) is 0 Å². The van der Waals surface area contributed by atoms with Gasteiger partial charge in [-0.05, 0) is 31.0 Å². The summed E-state index contributed by atoms with van der Waals surface area (Å²) in [5, 5.41) is 8.48. The first kappa shape index (κ1) is 16.2. The zero-order valence-corrected chi connectivity index (χ0v) is 13.2. The molecule has 0 saturated carbocycles. The Balaban J connectivity index is 2.34. The molecular weight excluding hydrogens is 293 g/mol. The highest BCUT2D eigenvalue weighted by Gasteiger charge is 2.28. The van der Waals surface area contributed by atoms with Crippen molar-refractivity contribution in [3.8, 4) is 0 Å². The van der Waals surface area contributed by atoms with Crippen molar-refractivity contribution in [3.63, 3.8) is 0 Å². The van der Waals surface area contributed by atoms with Crippen LogP contribution in [0.1, 0.15) is 26.7 Å². The molecule has 0 bridgehead atoms. The number of anilines is 1. The van der Waals surface area contributed by atoms with Crippen molar-refractivity contribution < 1.29 is 12.8 Å². The molecule has 3 N–H and O–H groups in total. The molecule has 0 radical (unpaired) electrons. The topological polar surface area (TPSA) is 75.4 Å². The average molecular weight is 315 g/mol. The van der Waals surface area contributed by atoms with E-state index in [-0.39, 0.29) is 10.9 Å². The van der Waals surface area contributed by atoms with Gasteiger partial charge in [0.15, 0.2) is 0 Å². The normalized spacial score (nSPS) is 23.3.